The second-order valence-electron chi connectivity index (χ2n) is 10.2. The van der Waals surface area contributed by atoms with Crippen LogP contribution >= 0.6 is 28.4 Å². The molecule has 6 heteroatoms. The van der Waals surface area contributed by atoms with Gasteiger partial charge in [0, 0.05) is 11.6 Å². The van der Waals surface area contributed by atoms with Gasteiger partial charge in [-0.05, 0) is 11.1 Å². The molecule has 6 aromatic carbocycles. The third-order valence-corrected chi connectivity index (χ3v) is 27.4. The van der Waals surface area contributed by atoms with Gasteiger partial charge < -0.3 is 0 Å². The Morgan fingerprint density at radius 3 is 1.71 bits per heavy atom. The Morgan fingerprint density at radius 2 is 1.21 bits per heavy atom. The molecule has 0 bridgehead atoms. The van der Waals surface area contributed by atoms with Gasteiger partial charge in [-0.3, -0.25) is 4.98 Å². The van der Waals surface area contributed by atoms with Gasteiger partial charge in [-0.15, -0.1) is 63.5 Å². The maximum atomic E-state index is 5.62. The molecule has 0 aliphatic carbocycles. The minimum absolute atomic E-state index is 0.224. The van der Waals surface area contributed by atoms with Crippen molar-refractivity contribution >= 4 is 55.3 Å². The summed E-state index contributed by atoms with van der Waals surface area (Å²) >= 11 is 0.0285. The summed E-state index contributed by atoms with van der Waals surface area (Å²) in [6.45, 7) is 6.48. The molecule has 0 saturated heterocycles. The minimum atomic E-state index is -1.65. The van der Waals surface area contributed by atoms with E-state index in [1.54, 1.807) is 11.3 Å². The third-order valence-electron chi connectivity index (χ3n) is 6.87. The third kappa shape index (κ3) is 7.67. The summed E-state index contributed by atoms with van der Waals surface area (Å²) in [7, 11) is 11.2. The van der Waals surface area contributed by atoms with Crippen molar-refractivity contribution in [3.63, 3.8) is 0 Å². The van der Waals surface area contributed by atoms with Crippen molar-refractivity contribution in [1.29, 1.82) is 0 Å². The van der Waals surface area contributed by atoms with Crippen LogP contribution in [0.5, 0.6) is 0 Å². The van der Waals surface area contributed by atoms with Crippen LogP contribution in [-0.2, 0) is 18.0 Å². The van der Waals surface area contributed by atoms with Gasteiger partial charge in [0.05, 0.1) is 5.01 Å². The van der Waals surface area contributed by atoms with Crippen molar-refractivity contribution in [1.82, 2.24) is 4.98 Å². The van der Waals surface area contributed by atoms with E-state index in [0.717, 1.165) is 5.01 Å². The number of rotatable bonds is 3. The molecule has 0 saturated carbocycles. The Bertz CT molecular complexity index is 1910. The van der Waals surface area contributed by atoms with Crippen LogP contribution in [0.4, 0.5) is 0 Å². The largest absolute Gasteiger partial charge is 0.284 e. The van der Waals surface area contributed by atoms with E-state index in [1.807, 2.05) is 11.6 Å². The van der Waals surface area contributed by atoms with Crippen LogP contribution < -0.4 is 0 Å². The quantitative estimate of drug-likeness (QED) is 0.132. The first kappa shape index (κ1) is 30.9. The second kappa shape index (κ2) is 14.7. The second-order valence-corrected chi connectivity index (χ2v) is 34.1. The van der Waals surface area contributed by atoms with E-state index in [1.165, 1.54) is 54.9 Å². The van der Waals surface area contributed by atoms with Gasteiger partial charge in [0.2, 0.25) is 0 Å². The van der Waals surface area contributed by atoms with Gasteiger partial charge in [0.25, 0.3) is 0 Å². The Kier molecular flexibility index (Phi) is 10.8. The van der Waals surface area contributed by atoms with Crippen LogP contribution in [0.15, 0.2) is 133 Å². The van der Waals surface area contributed by atoms with E-state index in [4.69, 9.17) is 17.0 Å². The molecule has 0 amide bonds. The van der Waals surface area contributed by atoms with Gasteiger partial charge in [0.15, 0.2) is 0 Å². The number of aromatic nitrogens is 1. The van der Waals surface area contributed by atoms with Crippen molar-refractivity contribution in [3.8, 4) is 32.8 Å². The van der Waals surface area contributed by atoms with E-state index in [-0.39, 0.29) is 5.43 Å². The zero-order valence-electron chi connectivity index (χ0n) is 23.8. The number of halogens is 2. The molecule has 0 fully saturated rings. The van der Waals surface area contributed by atoms with Crippen LogP contribution in [0.25, 0.3) is 54.4 Å². The predicted molar refractivity (Wildman–Crippen MR) is 185 cm³/mol. The summed E-state index contributed by atoms with van der Waals surface area (Å²) in [5.41, 5.74) is 7.47. The summed E-state index contributed by atoms with van der Waals surface area (Å²) < 4.78 is 0. The first-order chi connectivity index (χ1) is 20.4. The molecule has 1 aromatic heterocycles. The Hall–Kier alpha value is -2.59. The smallest absolute Gasteiger partial charge is 0.0564 e. The van der Waals surface area contributed by atoms with Crippen LogP contribution in [0.2, 0.25) is 13.1 Å². The van der Waals surface area contributed by atoms with E-state index in [0.29, 0.717) is 0 Å². The van der Waals surface area contributed by atoms with E-state index in [9.17, 15) is 0 Å². The van der Waals surface area contributed by atoms with Crippen LogP contribution in [0.1, 0.15) is 5.56 Å². The molecule has 0 unspecified atom stereocenters. The molecule has 1 nitrogen and oxygen atoms in total. The molecule has 0 aliphatic heterocycles. The molecule has 210 valence electrons. The predicted octanol–water partition coefficient (Wildman–Crippen LogP) is 12.0. The van der Waals surface area contributed by atoms with Crippen molar-refractivity contribution < 1.29 is 18.0 Å². The number of hydrogen-bond donors (Lipinski definition) is 0. The van der Waals surface area contributed by atoms with Gasteiger partial charge >= 0.3 is 53.5 Å². The fraction of sp³-hybridized carbons (Fsp3) is 0.0833. The average molecular weight is 700 g/mol. The fourth-order valence-electron chi connectivity index (χ4n) is 4.85. The summed E-state index contributed by atoms with van der Waals surface area (Å²) in [6, 6.07) is 43.0. The molecule has 7 rings (SSSR count). The molecule has 42 heavy (non-hydrogen) atoms. The van der Waals surface area contributed by atoms with Crippen LogP contribution in [0, 0.1) is 6.92 Å². The fourth-order valence-corrected chi connectivity index (χ4v) is 5.47. The maximum Gasteiger partial charge on any atom is 0.0564 e. The Morgan fingerprint density at radius 1 is 0.690 bits per heavy atom. The monoisotopic (exact) mass is 697 g/mol. The van der Waals surface area contributed by atoms with Crippen molar-refractivity contribution in [2.24, 2.45) is 0 Å². The molecule has 1 heterocycles. The number of nitrogens with zero attached hydrogens (tertiary/aromatic N) is 1. The Balaban J connectivity index is 0.000000144. The van der Waals surface area contributed by atoms with Crippen LogP contribution in [-0.4, -0.2) is 10.4 Å². The van der Waals surface area contributed by atoms with E-state index >= 15 is 0 Å². The standard InChI is InChI=1S/C18H12NS.C16H13.C2H6Si.2ClH.Zr/c1-2-5-13(6-3-1)16-8-4-7-14-11-15(12-17(14)16)18-19-9-10-20-18;1-12-10-14-8-5-9-15(16(14)11-12)13-6-3-2-4-7-13;1-3-2;;;/h1-12H;2-11H,1H3;1-2H3;2*1H;/q2*-1;;;;+2/p-2. The normalized spacial score (nSPS) is 10.5. The molecule has 0 aliphatic rings. The number of fused-ring (bicyclic) bond motifs is 2. The zero-order valence-corrected chi connectivity index (χ0v) is 29.6. The number of hydrogen-bond acceptors (Lipinski definition) is 2. The van der Waals surface area contributed by atoms with Gasteiger partial charge in [-0.25, -0.2) is 0 Å². The van der Waals surface area contributed by atoms with Gasteiger partial charge in [-0.1, -0.05) is 102 Å². The molecule has 0 N–H and O–H groups in total. The summed E-state index contributed by atoms with van der Waals surface area (Å²) in [4.78, 5) is 4.40. The van der Waals surface area contributed by atoms with Gasteiger partial charge in [-0.2, -0.15) is 17.4 Å². The van der Waals surface area contributed by atoms with Crippen molar-refractivity contribution in [3.05, 3.63) is 138 Å². The van der Waals surface area contributed by atoms with Crippen molar-refractivity contribution in [2.45, 2.75) is 20.0 Å². The summed E-state index contributed by atoms with van der Waals surface area (Å²) in [5.74, 6) is 0. The van der Waals surface area contributed by atoms with Crippen molar-refractivity contribution in [2.75, 3.05) is 0 Å². The Labute approximate surface area is 267 Å². The average Bonchev–Trinajstić information content (AvgIpc) is 3.77. The molecule has 0 spiro atoms. The maximum absolute atomic E-state index is 5.62. The SMILES string of the molecule is C[Si](C)=[Zr]([Cl])[Cl].Cc1cc2c(-c3ccccc3)cccc2[cH-]1.c1ccc(-c2cccc3[cH-]c(-c4nccs4)cc23)cc1. The number of benzene rings is 4. The molecule has 0 radical (unpaired) electrons. The first-order valence-electron chi connectivity index (χ1n) is 13.8. The van der Waals surface area contributed by atoms with E-state index in [2.05, 4.69) is 146 Å². The number of thiazole rings is 1. The zero-order chi connectivity index (χ0) is 29.5. The molecule has 7 aromatic rings. The van der Waals surface area contributed by atoms with Gasteiger partial charge in [0.1, 0.15) is 0 Å². The summed E-state index contributed by atoms with van der Waals surface area (Å²) in [5, 5.41) is 8.36. The first-order valence-corrected chi connectivity index (χ1v) is 27.1. The number of aryl methyl sites for hydroxylation is 1. The molecule has 0 atom stereocenters. The van der Waals surface area contributed by atoms with Crippen LogP contribution in [0.3, 0.4) is 0 Å². The summed E-state index contributed by atoms with van der Waals surface area (Å²) in [6.07, 6.45) is 1.86. The molecular weight excluding hydrogens is 669 g/mol. The molecular formula is C36H31Cl2NSSiZr-2. The minimum Gasteiger partial charge on any atom is -0.284 e. The van der Waals surface area contributed by atoms with E-state index < -0.39 is 18.0 Å². The topological polar surface area (TPSA) is 12.9 Å².